The van der Waals surface area contributed by atoms with Crippen LogP contribution in [0.4, 0.5) is 29.3 Å². The predicted octanol–water partition coefficient (Wildman–Crippen LogP) is 6.02. The molecular weight excluding hydrogens is 606 g/mol. The maximum Gasteiger partial charge on any atom is 0.429 e. The highest BCUT2D eigenvalue weighted by molar-refractivity contribution is 6.30. The number of aliphatic carboxylic acids is 1. The summed E-state index contributed by atoms with van der Waals surface area (Å²) in [5, 5.41) is 12.5. The van der Waals surface area contributed by atoms with Crippen LogP contribution >= 0.6 is 11.6 Å². The second kappa shape index (κ2) is 12.3. The Bertz CT molecular complexity index is 1530. The first-order chi connectivity index (χ1) is 20.7. The lowest BCUT2D eigenvalue weighted by atomic mass is 9.76. The van der Waals surface area contributed by atoms with Crippen LogP contribution in [0.15, 0.2) is 42.5 Å². The number of piperidine rings is 1. The number of aromatic nitrogens is 2. The maximum atomic E-state index is 14.9. The van der Waals surface area contributed by atoms with Crippen molar-refractivity contribution < 1.29 is 36.9 Å². The quantitative estimate of drug-likeness (QED) is 0.254. The molecule has 0 bridgehead atoms. The Hall–Kier alpha value is -3.84. The molecule has 0 unspecified atom stereocenters. The Morgan fingerprint density at radius 1 is 1.14 bits per heavy atom. The van der Waals surface area contributed by atoms with Crippen LogP contribution in [0.25, 0.3) is 11.1 Å². The summed E-state index contributed by atoms with van der Waals surface area (Å²) in [5.74, 6) is -2.03. The Labute approximate surface area is 256 Å². The van der Waals surface area contributed by atoms with Crippen LogP contribution in [-0.2, 0) is 4.79 Å². The van der Waals surface area contributed by atoms with Crippen molar-refractivity contribution in [1.29, 1.82) is 0 Å². The second-order valence-corrected chi connectivity index (χ2v) is 11.9. The van der Waals surface area contributed by atoms with Crippen LogP contribution in [0.1, 0.15) is 44.8 Å². The minimum atomic E-state index is -4.91. The van der Waals surface area contributed by atoms with Crippen LogP contribution in [0.3, 0.4) is 0 Å². The van der Waals surface area contributed by atoms with Gasteiger partial charge in [0.15, 0.2) is 11.6 Å². The number of ether oxygens (including phenoxy) is 2. The molecule has 2 aromatic carbocycles. The summed E-state index contributed by atoms with van der Waals surface area (Å²) in [5.41, 5.74) is 5.58. The fourth-order valence-corrected chi connectivity index (χ4v) is 5.96. The van der Waals surface area contributed by atoms with E-state index in [9.17, 15) is 27.5 Å². The molecule has 2 aliphatic heterocycles. The Morgan fingerprint density at radius 3 is 2.48 bits per heavy atom. The van der Waals surface area contributed by atoms with Crippen molar-refractivity contribution >= 4 is 29.3 Å². The molecule has 3 heterocycles. The number of hydrogen-bond donors (Lipinski definition) is 3. The van der Waals surface area contributed by atoms with Gasteiger partial charge < -0.3 is 30.5 Å². The van der Waals surface area contributed by atoms with E-state index in [2.05, 4.69) is 15.3 Å². The molecule has 2 atom stereocenters. The average molecular weight is 638 g/mol. The Morgan fingerprint density at radius 2 is 1.86 bits per heavy atom. The SMILES string of the molecule is CC(C)Oc1ccc(-c2cc(Cl)ccc2[C@@H](Oc2cc(N3CCC4(CC3)CN[C@H](C(=O)O)C4)nc(N)n2)C(F)(F)F)cc1F. The third-order valence-corrected chi connectivity index (χ3v) is 8.19. The van der Waals surface area contributed by atoms with Crippen molar-refractivity contribution in [2.45, 2.75) is 57.5 Å². The minimum absolute atomic E-state index is 0.0169. The van der Waals surface area contributed by atoms with E-state index in [0.717, 1.165) is 6.07 Å². The third kappa shape index (κ3) is 6.94. The zero-order chi connectivity index (χ0) is 31.8. The summed E-state index contributed by atoms with van der Waals surface area (Å²) in [4.78, 5) is 21.4. The molecule has 14 heteroatoms. The van der Waals surface area contributed by atoms with Crippen LogP contribution in [0.2, 0.25) is 5.02 Å². The van der Waals surface area contributed by atoms with Crippen molar-refractivity contribution in [2.24, 2.45) is 5.41 Å². The van der Waals surface area contributed by atoms with Gasteiger partial charge in [-0.05, 0) is 73.9 Å². The molecular formula is C30H32ClF4N5O4. The second-order valence-electron chi connectivity index (χ2n) is 11.5. The lowest BCUT2D eigenvalue weighted by Crippen LogP contribution is -2.41. The number of halogens is 5. The summed E-state index contributed by atoms with van der Waals surface area (Å²) in [6, 6.07) is 8.38. The summed E-state index contributed by atoms with van der Waals surface area (Å²) >= 11 is 6.17. The van der Waals surface area contributed by atoms with Gasteiger partial charge in [-0.3, -0.25) is 4.79 Å². The van der Waals surface area contributed by atoms with Gasteiger partial charge in [0.1, 0.15) is 11.9 Å². The number of carboxylic acid groups (broad SMARTS) is 1. The van der Waals surface area contributed by atoms with Crippen LogP contribution < -0.4 is 25.4 Å². The average Bonchev–Trinajstić information content (AvgIpc) is 3.36. The van der Waals surface area contributed by atoms with Crippen molar-refractivity contribution in [3.05, 3.63) is 58.9 Å². The summed E-state index contributed by atoms with van der Waals surface area (Å²) < 4.78 is 69.6. The number of carboxylic acids is 1. The van der Waals surface area contributed by atoms with Crippen molar-refractivity contribution in [3.63, 3.8) is 0 Å². The molecule has 0 saturated carbocycles. The Kier molecular flexibility index (Phi) is 8.81. The Balaban J connectivity index is 1.42. The number of nitrogens with zero attached hydrogens (tertiary/aromatic N) is 3. The fraction of sp³-hybridized carbons (Fsp3) is 0.433. The van der Waals surface area contributed by atoms with Gasteiger partial charge in [-0.15, -0.1) is 0 Å². The summed E-state index contributed by atoms with van der Waals surface area (Å²) in [7, 11) is 0. The van der Waals surface area contributed by atoms with Crippen molar-refractivity contribution in [1.82, 2.24) is 15.3 Å². The molecule has 0 aliphatic carbocycles. The van der Waals surface area contributed by atoms with Crippen LogP contribution in [-0.4, -0.2) is 59.0 Å². The number of nitrogen functional groups attached to an aromatic ring is 1. The van der Waals surface area contributed by atoms with Gasteiger partial charge in [-0.25, -0.2) is 4.39 Å². The van der Waals surface area contributed by atoms with Crippen molar-refractivity contribution in [3.8, 4) is 22.8 Å². The van der Waals surface area contributed by atoms with Gasteiger partial charge in [-0.1, -0.05) is 23.7 Å². The molecule has 5 rings (SSSR count). The van der Waals surface area contributed by atoms with Gasteiger partial charge in [0.2, 0.25) is 17.9 Å². The number of anilines is 2. The van der Waals surface area contributed by atoms with Gasteiger partial charge in [0, 0.05) is 36.3 Å². The lowest BCUT2D eigenvalue weighted by molar-refractivity contribution is -0.198. The fourth-order valence-electron chi connectivity index (χ4n) is 5.79. The summed E-state index contributed by atoms with van der Waals surface area (Å²) in [6.07, 6.45) is -5.88. The standard InChI is InChI=1S/C30H32ClF4N5O4/c1-16(2)43-23-6-3-17(11-21(23)32)20-12-18(31)4-5-19(20)26(30(33,34)35)44-25-13-24(38-28(36)39-25)40-9-7-29(8-10-40)14-22(27(41)42)37-15-29/h3-6,11-13,16,22,26,37H,7-10,14-15H2,1-2H3,(H,41,42)(H2,36,38,39)/t22-,26+/m0/s1. The molecule has 2 aliphatic rings. The van der Waals surface area contributed by atoms with E-state index < -0.39 is 36.0 Å². The minimum Gasteiger partial charge on any atom is -0.488 e. The molecule has 3 aromatic rings. The lowest BCUT2D eigenvalue weighted by Gasteiger charge is -2.39. The maximum absolute atomic E-state index is 14.9. The molecule has 236 valence electrons. The zero-order valence-electron chi connectivity index (χ0n) is 24.0. The number of benzene rings is 2. The van der Waals surface area contributed by atoms with Gasteiger partial charge in [0.25, 0.3) is 0 Å². The molecule has 4 N–H and O–H groups in total. The molecule has 2 saturated heterocycles. The predicted molar refractivity (Wildman–Crippen MR) is 156 cm³/mol. The van der Waals surface area contributed by atoms with Gasteiger partial charge in [0.05, 0.1) is 6.10 Å². The van der Waals surface area contributed by atoms with Gasteiger partial charge in [-0.2, -0.15) is 23.1 Å². The van der Waals surface area contributed by atoms with Crippen LogP contribution in [0.5, 0.6) is 11.6 Å². The normalized spacial score (nSPS) is 18.9. The largest absolute Gasteiger partial charge is 0.488 e. The van der Waals surface area contributed by atoms with E-state index in [1.165, 1.54) is 36.4 Å². The van der Waals surface area contributed by atoms with E-state index in [-0.39, 0.29) is 44.9 Å². The number of hydrogen-bond acceptors (Lipinski definition) is 8. The topological polar surface area (TPSA) is 123 Å². The van der Waals surface area contributed by atoms with Crippen molar-refractivity contribution in [2.75, 3.05) is 30.3 Å². The number of nitrogens with two attached hydrogens (primary N) is 1. The van der Waals surface area contributed by atoms with E-state index in [1.54, 1.807) is 13.8 Å². The first-order valence-electron chi connectivity index (χ1n) is 14.1. The third-order valence-electron chi connectivity index (χ3n) is 7.95. The highest BCUT2D eigenvalue weighted by Crippen LogP contribution is 2.44. The van der Waals surface area contributed by atoms with E-state index in [1.807, 2.05) is 4.90 Å². The van der Waals surface area contributed by atoms with E-state index >= 15 is 0 Å². The molecule has 44 heavy (non-hydrogen) atoms. The van der Waals surface area contributed by atoms with Gasteiger partial charge >= 0.3 is 12.1 Å². The number of rotatable bonds is 8. The number of alkyl halides is 3. The van der Waals surface area contributed by atoms with Crippen LogP contribution in [0, 0.1) is 11.2 Å². The molecule has 0 radical (unpaired) electrons. The highest BCUT2D eigenvalue weighted by atomic mass is 35.5. The molecule has 9 nitrogen and oxygen atoms in total. The monoisotopic (exact) mass is 637 g/mol. The van der Waals surface area contributed by atoms with E-state index in [0.29, 0.717) is 44.7 Å². The molecule has 1 spiro atoms. The zero-order valence-corrected chi connectivity index (χ0v) is 24.8. The summed E-state index contributed by atoms with van der Waals surface area (Å²) in [6.45, 7) is 5.02. The smallest absolute Gasteiger partial charge is 0.429 e. The highest BCUT2D eigenvalue weighted by Gasteiger charge is 2.46. The molecule has 0 amide bonds. The first kappa shape index (κ1) is 31.6. The number of carbonyl (C=O) groups is 1. The first-order valence-corrected chi connectivity index (χ1v) is 14.5. The van der Waals surface area contributed by atoms with E-state index in [4.69, 9.17) is 26.8 Å². The molecule has 1 aromatic heterocycles. The number of nitrogens with one attached hydrogen (secondary N) is 1. The molecule has 2 fully saturated rings.